The molecular weight excluding hydrogens is 362 g/mol. The van der Waals surface area contributed by atoms with E-state index in [0.29, 0.717) is 28.1 Å². The number of hydrogen-bond donors (Lipinski definition) is 2. The Morgan fingerprint density at radius 3 is 2.18 bits per heavy atom. The third-order valence-corrected chi connectivity index (χ3v) is 4.15. The van der Waals surface area contributed by atoms with Crippen LogP contribution in [0.2, 0.25) is 0 Å². The summed E-state index contributed by atoms with van der Waals surface area (Å²) >= 11 is 0. The van der Waals surface area contributed by atoms with E-state index < -0.39 is 18.5 Å². The molecule has 2 amide bonds. The van der Waals surface area contributed by atoms with Gasteiger partial charge in [0.2, 0.25) is 0 Å². The average molecular weight is 385 g/mol. The number of aromatic nitrogens is 1. The minimum absolute atomic E-state index is 0.145. The van der Waals surface area contributed by atoms with Crippen LogP contribution in [0.1, 0.15) is 49.4 Å². The molecule has 2 rings (SSSR count). The molecule has 1 aromatic heterocycles. The van der Waals surface area contributed by atoms with Gasteiger partial charge in [0.05, 0.1) is 0 Å². The summed E-state index contributed by atoms with van der Waals surface area (Å²) in [6, 6.07) is 6.37. The maximum Gasteiger partial charge on any atom is 0.355 e. The summed E-state index contributed by atoms with van der Waals surface area (Å²) in [5.41, 5.74) is 2.64. The number of carbonyl (C=O) groups excluding carboxylic acids is 4. The standard InChI is InChI=1S/C20H23N3O5/c1-11-17(13(3)24)12(2)21-18(11)20(27)28-10-16(25)22-15-8-6-14(7-9-15)19(26)23(4)5/h6-9,21H,10H2,1-5H3,(H,22,25). The first-order valence-corrected chi connectivity index (χ1v) is 8.60. The van der Waals surface area contributed by atoms with Gasteiger partial charge in [0, 0.05) is 36.6 Å². The normalized spacial score (nSPS) is 10.3. The fourth-order valence-corrected chi connectivity index (χ4v) is 2.84. The molecule has 0 aliphatic heterocycles. The maximum atomic E-state index is 12.2. The molecule has 0 aliphatic rings. The van der Waals surface area contributed by atoms with Crippen LogP contribution in [0.5, 0.6) is 0 Å². The molecule has 0 aliphatic carbocycles. The van der Waals surface area contributed by atoms with E-state index in [2.05, 4.69) is 10.3 Å². The number of ketones is 1. The number of Topliss-reactive ketones (excluding diaryl/α,β-unsaturated/α-hetero) is 1. The van der Waals surface area contributed by atoms with Gasteiger partial charge in [0.1, 0.15) is 5.69 Å². The second-order valence-corrected chi connectivity index (χ2v) is 6.58. The number of hydrogen-bond acceptors (Lipinski definition) is 5. The summed E-state index contributed by atoms with van der Waals surface area (Å²) < 4.78 is 5.03. The fraction of sp³-hybridized carbons (Fsp3) is 0.300. The molecule has 0 spiro atoms. The third kappa shape index (κ3) is 4.64. The first-order chi connectivity index (χ1) is 13.1. The van der Waals surface area contributed by atoms with Gasteiger partial charge < -0.3 is 19.9 Å². The van der Waals surface area contributed by atoms with Gasteiger partial charge in [-0.2, -0.15) is 0 Å². The van der Waals surface area contributed by atoms with Crippen LogP contribution in [0.15, 0.2) is 24.3 Å². The molecule has 8 nitrogen and oxygen atoms in total. The van der Waals surface area contributed by atoms with E-state index in [0.717, 1.165) is 0 Å². The Morgan fingerprint density at radius 2 is 1.68 bits per heavy atom. The van der Waals surface area contributed by atoms with Crippen molar-refractivity contribution in [2.24, 2.45) is 0 Å². The molecule has 8 heteroatoms. The van der Waals surface area contributed by atoms with Gasteiger partial charge in [-0.3, -0.25) is 14.4 Å². The Balaban J connectivity index is 1.96. The van der Waals surface area contributed by atoms with Crippen LogP contribution in [0.25, 0.3) is 0 Å². The van der Waals surface area contributed by atoms with E-state index in [1.165, 1.54) is 11.8 Å². The van der Waals surface area contributed by atoms with Crippen molar-refractivity contribution in [1.82, 2.24) is 9.88 Å². The third-order valence-electron chi connectivity index (χ3n) is 4.15. The van der Waals surface area contributed by atoms with Crippen molar-refractivity contribution in [1.29, 1.82) is 0 Å². The van der Waals surface area contributed by atoms with Crippen molar-refractivity contribution in [3.05, 3.63) is 52.3 Å². The van der Waals surface area contributed by atoms with Crippen LogP contribution >= 0.6 is 0 Å². The van der Waals surface area contributed by atoms with Crippen LogP contribution in [0.3, 0.4) is 0 Å². The predicted octanol–water partition coefficient (Wildman–Crippen LogP) is 2.33. The lowest BCUT2D eigenvalue weighted by atomic mass is 10.1. The lowest BCUT2D eigenvalue weighted by molar-refractivity contribution is -0.119. The summed E-state index contributed by atoms with van der Waals surface area (Å²) in [4.78, 5) is 52.0. The number of esters is 1. The first-order valence-electron chi connectivity index (χ1n) is 8.60. The highest BCUT2D eigenvalue weighted by atomic mass is 16.5. The van der Waals surface area contributed by atoms with Gasteiger partial charge >= 0.3 is 5.97 Å². The SMILES string of the molecule is CC(=O)c1c(C)[nH]c(C(=O)OCC(=O)Nc2ccc(C(=O)N(C)C)cc2)c1C. The van der Waals surface area contributed by atoms with Crippen molar-refractivity contribution in [2.75, 3.05) is 26.0 Å². The van der Waals surface area contributed by atoms with Crippen LogP contribution in [-0.4, -0.2) is 54.2 Å². The van der Waals surface area contributed by atoms with Crippen molar-refractivity contribution in [2.45, 2.75) is 20.8 Å². The topological polar surface area (TPSA) is 109 Å². The predicted molar refractivity (Wildman–Crippen MR) is 104 cm³/mol. The van der Waals surface area contributed by atoms with Gasteiger partial charge in [0.15, 0.2) is 12.4 Å². The quantitative estimate of drug-likeness (QED) is 0.586. The Hall–Kier alpha value is -3.42. The number of aromatic amines is 1. The lowest BCUT2D eigenvalue weighted by Crippen LogP contribution is -2.22. The van der Waals surface area contributed by atoms with Crippen LogP contribution in [-0.2, 0) is 9.53 Å². The second kappa shape index (κ2) is 8.51. The smallest absolute Gasteiger partial charge is 0.355 e. The second-order valence-electron chi connectivity index (χ2n) is 6.58. The highest BCUT2D eigenvalue weighted by Gasteiger charge is 2.21. The summed E-state index contributed by atoms with van der Waals surface area (Å²) in [6.07, 6.45) is 0. The Bertz CT molecular complexity index is 926. The zero-order chi connectivity index (χ0) is 21.0. The number of rotatable bonds is 6. The van der Waals surface area contributed by atoms with E-state index >= 15 is 0 Å². The van der Waals surface area contributed by atoms with Crippen molar-refractivity contribution in [3.8, 4) is 0 Å². The molecule has 0 fully saturated rings. The van der Waals surface area contributed by atoms with Gasteiger partial charge in [-0.15, -0.1) is 0 Å². The number of aryl methyl sites for hydroxylation is 1. The number of carbonyl (C=O) groups is 4. The summed E-state index contributed by atoms with van der Waals surface area (Å²) in [7, 11) is 3.30. The molecule has 1 aromatic carbocycles. The largest absolute Gasteiger partial charge is 0.451 e. The molecular formula is C20H23N3O5. The van der Waals surface area contributed by atoms with Crippen molar-refractivity contribution < 1.29 is 23.9 Å². The van der Waals surface area contributed by atoms with E-state index in [1.54, 1.807) is 52.2 Å². The minimum atomic E-state index is -0.713. The fourth-order valence-electron chi connectivity index (χ4n) is 2.84. The molecule has 148 valence electrons. The first kappa shape index (κ1) is 20.9. The van der Waals surface area contributed by atoms with Crippen LogP contribution < -0.4 is 5.32 Å². The number of nitrogens with one attached hydrogen (secondary N) is 2. The number of anilines is 1. The van der Waals surface area contributed by atoms with Crippen molar-refractivity contribution >= 4 is 29.3 Å². The zero-order valence-electron chi connectivity index (χ0n) is 16.5. The zero-order valence-corrected chi connectivity index (χ0v) is 16.5. The number of benzene rings is 1. The molecule has 0 saturated heterocycles. The molecule has 1 heterocycles. The molecule has 0 saturated carbocycles. The molecule has 2 aromatic rings. The van der Waals surface area contributed by atoms with Gasteiger partial charge in [-0.05, 0) is 50.6 Å². The van der Waals surface area contributed by atoms with Gasteiger partial charge in [-0.1, -0.05) is 0 Å². The summed E-state index contributed by atoms with van der Waals surface area (Å²) in [6.45, 7) is 4.28. The van der Waals surface area contributed by atoms with Crippen LogP contribution in [0.4, 0.5) is 5.69 Å². The highest BCUT2D eigenvalue weighted by Crippen LogP contribution is 2.19. The average Bonchev–Trinajstić information content (AvgIpc) is 2.94. The number of nitrogens with zero attached hydrogens (tertiary/aromatic N) is 1. The number of ether oxygens (including phenoxy) is 1. The Morgan fingerprint density at radius 1 is 1.07 bits per heavy atom. The molecule has 0 atom stereocenters. The molecule has 0 bridgehead atoms. The summed E-state index contributed by atoms with van der Waals surface area (Å²) in [5, 5.41) is 2.59. The highest BCUT2D eigenvalue weighted by molar-refractivity contribution is 6.02. The van der Waals surface area contributed by atoms with Gasteiger partial charge in [0.25, 0.3) is 11.8 Å². The lowest BCUT2D eigenvalue weighted by Gasteiger charge is -2.11. The molecule has 0 unspecified atom stereocenters. The van der Waals surface area contributed by atoms with E-state index in [-0.39, 0.29) is 17.4 Å². The number of amides is 2. The number of H-pyrrole nitrogens is 1. The van der Waals surface area contributed by atoms with Crippen LogP contribution in [0, 0.1) is 13.8 Å². The molecule has 2 N–H and O–H groups in total. The molecule has 0 radical (unpaired) electrons. The monoisotopic (exact) mass is 385 g/mol. The van der Waals surface area contributed by atoms with E-state index in [4.69, 9.17) is 4.74 Å². The Kier molecular flexibility index (Phi) is 6.35. The summed E-state index contributed by atoms with van der Waals surface area (Å²) in [5.74, 6) is -1.53. The maximum absolute atomic E-state index is 12.2. The van der Waals surface area contributed by atoms with E-state index in [9.17, 15) is 19.2 Å². The minimum Gasteiger partial charge on any atom is -0.451 e. The Labute approximate surface area is 162 Å². The van der Waals surface area contributed by atoms with Crippen molar-refractivity contribution in [3.63, 3.8) is 0 Å². The molecule has 28 heavy (non-hydrogen) atoms. The van der Waals surface area contributed by atoms with Gasteiger partial charge in [-0.25, -0.2) is 4.79 Å². The van der Waals surface area contributed by atoms with E-state index in [1.807, 2.05) is 0 Å².